The van der Waals surface area contributed by atoms with E-state index < -0.39 is 23.8 Å². The van der Waals surface area contributed by atoms with Crippen LogP contribution in [-0.4, -0.2) is 39.2 Å². The van der Waals surface area contributed by atoms with Crippen LogP contribution in [0.25, 0.3) is 0 Å². The van der Waals surface area contributed by atoms with Gasteiger partial charge in [-0.2, -0.15) is 18.3 Å². The fourth-order valence-corrected chi connectivity index (χ4v) is 3.07. The summed E-state index contributed by atoms with van der Waals surface area (Å²) in [5.74, 6) is -0.666. The summed E-state index contributed by atoms with van der Waals surface area (Å²) in [7, 11) is 0. The Hall–Kier alpha value is -3.11. The summed E-state index contributed by atoms with van der Waals surface area (Å²) in [6.07, 6.45) is -2.56. The Morgan fingerprint density at radius 3 is 2.48 bits per heavy atom. The smallest absolute Gasteiger partial charge is 0.397 e. The third-order valence-corrected chi connectivity index (χ3v) is 4.55. The third-order valence-electron chi connectivity index (χ3n) is 4.55. The van der Waals surface area contributed by atoms with Crippen LogP contribution in [0.3, 0.4) is 0 Å². The van der Waals surface area contributed by atoms with Crippen molar-refractivity contribution in [3.05, 3.63) is 41.0 Å². The van der Waals surface area contributed by atoms with E-state index >= 15 is 0 Å². The van der Waals surface area contributed by atoms with Crippen molar-refractivity contribution in [2.75, 3.05) is 12.3 Å². The van der Waals surface area contributed by atoms with Crippen LogP contribution in [0, 0.1) is 19.8 Å². The monoisotopic (exact) mass is 440 g/mol. The number of halogens is 3. The number of hydrogen-bond donors (Lipinski definition) is 3. The normalized spacial score (nSPS) is 12.6. The Morgan fingerprint density at radius 1 is 1.23 bits per heavy atom. The minimum Gasteiger partial charge on any atom is -0.397 e. The Labute approximate surface area is 178 Å². The van der Waals surface area contributed by atoms with Gasteiger partial charge in [-0.25, -0.2) is 0 Å². The molecule has 0 saturated heterocycles. The molecule has 0 aromatic carbocycles. The largest absolute Gasteiger partial charge is 0.435 e. The van der Waals surface area contributed by atoms with Gasteiger partial charge in [0.05, 0.1) is 23.1 Å². The molecule has 170 valence electrons. The van der Waals surface area contributed by atoms with E-state index in [2.05, 4.69) is 20.7 Å². The first kappa shape index (κ1) is 24.2. The number of nitrogens with zero attached hydrogens (tertiary/aromatic N) is 3. The molecule has 8 nitrogen and oxygen atoms in total. The van der Waals surface area contributed by atoms with Crippen LogP contribution in [0.2, 0.25) is 0 Å². The molecule has 0 aliphatic heterocycles. The molecule has 0 radical (unpaired) electrons. The van der Waals surface area contributed by atoms with E-state index in [1.807, 2.05) is 13.8 Å². The number of nitrogens with two attached hydrogens (primary N) is 1. The van der Waals surface area contributed by atoms with Gasteiger partial charge in [-0.3, -0.25) is 19.3 Å². The highest BCUT2D eigenvalue weighted by atomic mass is 19.4. The first-order valence-electron chi connectivity index (χ1n) is 9.78. The topological polar surface area (TPSA) is 115 Å². The second-order valence-corrected chi connectivity index (χ2v) is 7.83. The fourth-order valence-electron chi connectivity index (χ4n) is 3.07. The number of carbonyl (C=O) groups is 2. The molecule has 2 rings (SSSR count). The van der Waals surface area contributed by atoms with E-state index in [9.17, 15) is 22.8 Å². The van der Waals surface area contributed by atoms with Gasteiger partial charge in [-0.15, -0.1) is 0 Å². The summed E-state index contributed by atoms with van der Waals surface area (Å²) < 4.78 is 39.4. The molecule has 2 aromatic rings. The number of anilines is 1. The predicted octanol–water partition coefficient (Wildman–Crippen LogP) is 2.46. The first-order chi connectivity index (χ1) is 14.4. The van der Waals surface area contributed by atoms with Gasteiger partial charge in [0.15, 0.2) is 5.69 Å². The van der Waals surface area contributed by atoms with Gasteiger partial charge < -0.3 is 16.4 Å². The van der Waals surface area contributed by atoms with E-state index in [1.54, 1.807) is 6.92 Å². The molecule has 0 saturated carbocycles. The number of pyridine rings is 1. The van der Waals surface area contributed by atoms with E-state index in [0.29, 0.717) is 23.4 Å². The summed E-state index contributed by atoms with van der Waals surface area (Å²) >= 11 is 0. The number of rotatable bonds is 8. The standard InChI is InChI=1S/C20H27F3N6O2/c1-11(2)5-15(9-26-19(31)16-7-14(24)8-25-13(16)4)27-18(30)10-29-12(3)6-17(28-29)20(21,22)23/h6-8,11,15H,5,9-10,24H2,1-4H3,(H,26,31)(H,27,30). The van der Waals surface area contributed by atoms with Crippen molar-refractivity contribution < 1.29 is 22.8 Å². The number of aryl methyl sites for hydroxylation is 2. The molecule has 11 heteroatoms. The lowest BCUT2D eigenvalue weighted by Gasteiger charge is -2.21. The van der Waals surface area contributed by atoms with Gasteiger partial charge in [0.2, 0.25) is 5.91 Å². The zero-order valence-electron chi connectivity index (χ0n) is 17.9. The van der Waals surface area contributed by atoms with Crippen LogP contribution in [0.15, 0.2) is 18.3 Å². The van der Waals surface area contributed by atoms with Crippen LogP contribution in [0.1, 0.15) is 47.7 Å². The summed E-state index contributed by atoms with van der Waals surface area (Å²) in [6, 6.07) is 2.00. The maximum Gasteiger partial charge on any atom is 0.435 e. The molecular formula is C20H27F3N6O2. The van der Waals surface area contributed by atoms with Crippen molar-refractivity contribution >= 4 is 17.5 Å². The van der Waals surface area contributed by atoms with Crippen molar-refractivity contribution in [1.82, 2.24) is 25.4 Å². The SMILES string of the molecule is Cc1ncc(N)cc1C(=O)NCC(CC(C)C)NC(=O)Cn1nc(C(F)(F)F)cc1C. The van der Waals surface area contributed by atoms with Crippen molar-refractivity contribution in [3.63, 3.8) is 0 Å². The van der Waals surface area contributed by atoms with Crippen molar-refractivity contribution in [1.29, 1.82) is 0 Å². The molecule has 2 aromatic heterocycles. The summed E-state index contributed by atoms with van der Waals surface area (Å²) in [5, 5.41) is 8.99. The van der Waals surface area contributed by atoms with E-state index in [-0.39, 0.29) is 30.6 Å². The van der Waals surface area contributed by atoms with Gasteiger partial charge in [-0.05, 0) is 38.3 Å². The minimum atomic E-state index is -4.58. The zero-order chi connectivity index (χ0) is 23.3. The molecule has 1 atom stereocenters. The number of aromatic nitrogens is 3. The molecular weight excluding hydrogens is 413 g/mol. The number of nitrogens with one attached hydrogen (secondary N) is 2. The van der Waals surface area contributed by atoms with Crippen LogP contribution in [-0.2, 0) is 17.5 Å². The Kier molecular flexibility index (Phi) is 7.64. The molecule has 0 spiro atoms. The Balaban J connectivity index is 2.02. The van der Waals surface area contributed by atoms with Crippen LogP contribution >= 0.6 is 0 Å². The van der Waals surface area contributed by atoms with Crippen LogP contribution < -0.4 is 16.4 Å². The molecule has 0 bridgehead atoms. The Bertz CT molecular complexity index is 939. The van der Waals surface area contributed by atoms with Crippen LogP contribution in [0.5, 0.6) is 0 Å². The zero-order valence-corrected chi connectivity index (χ0v) is 17.9. The first-order valence-corrected chi connectivity index (χ1v) is 9.78. The molecule has 31 heavy (non-hydrogen) atoms. The molecule has 2 heterocycles. The molecule has 1 unspecified atom stereocenters. The lowest BCUT2D eigenvalue weighted by atomic mass is 10.0. The van der Waals surface area contributed by atoms with Gasteiger partial charge in [0, 0.05) is 18.3 Å². The van der Waals surface area contributed by atoms with Gasteiger partial charge in [0.25, 0.3) is 5.91 Å². The lowest BCUT2D eigenvalue weighted by molar-refractivity contribution is -0.141. The van der Waals surface area contributed by atoms with Crippen LogP contribution in [0.4, 0.5) is 18.9 Å². The summed E-state index contributed by atoms with van der Waals surface area (Å²) in [4.78, 5) is 29.0. The number of amides is 2. The molecule has 0 aliphatic rings. The second-order valence-electron chi connectivity index (χ2n) is 7.83. The van der Waals surface area contributed by atoms with Gasteiger partial charge in [-0.1, -0.05) is 13.8 Å². The number of hydrogen-bond acceptors (Lipinski definition) is 5. The highest BCUT2D eigenvalue weighted by Gasteiger charge is 2.34. The quantitative estimate of drug-likeness (QED) is 0.583. The highest BCUT2D eigenvalue weighted by Crippen LogP contribution is 2.28. The number of nitrogen functional groups attached to an aromatic ring is 1. The third kappa shape index (κ3) is 6.97. The molecule has 0 fully saturated rings. The maximum atomic E-state index is 12.8. The highest BCUT2D eigenvalue weighted by molar-refractivity contribution is 5.96. The average molecular weight is 440 g/mol. The van der Waals surface area contributed by atoms with Crippen molar-refractivity contribution in [2.24, 2.45) is 5.92 Å². The van der Waals surface area contributed by atoms with E-state index in [4.69, 9.17) is 5.73 Å². The Morgan fingerprint density at radius 2 is 1.90 bits per heavy atom. The maximum absolute atomic E-state index is 12.8. The van der Waals surface area contributed by atoms with Gasteiger partial charge in [0.1, 0.15) is 6.54 Å². The summed E-state index contributed by atoms with van der Waals surface area (Å²) in [6.45, 7) is 6.83. The van der Waals surface area contributed by atoms with E-state index in [1.165, 1.54) is 19.2 Å². The molecule has 2 amide bonds. The van der Waals surface area contributed by atoms with Crippen molar-refractivity contribution in [2.45, 2.75) is 52.9 Å². The van der Waals surface area contributed by atoms with E-state index in [0.717, 1.165) is 10.7 Å². The minimum absolute atomic E-state index is 0.142. The molecule has 4 N–H and O–H groups in total. The van der Waals surface area contributed by atoms with Crippen molar-refractivity contribution in [3.8, 4) is 0 Å². The summed E-state index contributed by atoms with van der Waals surface area (Å²) in [5.41, 5.74) is 6.08. The molecule has 0 aliphatic carbocycles. The average Bonchev–Trinajstić information content (AvgIpc) is 3.01. The number of carbonyl (C=O) groups excluding carboxylic acids is 2. The van der Waals surface area contributed by atoms with Gasteiger partial charge >= 0.3 is 6.18 Å². The predicted molar refractivity (Wildman–Crippen MR) is 109 cm³/mol. The second kappa shape index (κ2) is 9.80. The number of alkyl halides is 3. The lowest BCUT2D eigenvalue weighted by Crippen LogP contribution is -2.45. The fraction of sp³-hybridized carbons (Fsp3) is 0.500.